The summed E-state index contributed by atoms with van der Waals surface area (Å²) in [5, 5.41) is 20.6. The van der Waals surface area contributed by atoms with Gasteiger partial charge in [0.05, 0.1) is 5.92 Å². The Morgan fingerprint density at radius 1 is 0.692 bits per heavy atom. The third-order valence-electron chi connectivity index (χ3n) is 8.94. The maximum Gasteiger partial charge on any atom is 0.306 e. The zero-order valence-electron chi connectivity index (χ0n) is 29.9. The van der Waals surface area contributed by atoms with Crippen molar-refractivity contribution in [1.29, 1.82) is 0 Å². The van der Waals surface area contributed by atoms with Crippen LogP contribution in [0.15, 0.2) is 106 Å². The van der Waals surface area contributed by atoms with E-state index in [9.17, 15) is 9.18 Å². The molecule has 7 rings (SSSR count). The highest BCUT2D eigenvalue weighted by Crippen LogP contribution is 2.30. The van der Waals surface area contributed by atoms with Crippen molar-refractivity contribution in [2.75, 3.05) is 5.32 Å². The van der Waals surface area contributed by atoms with E-state index < -0.39 is 5.97 Å². The quantitative estimate of drug-likeness (QED) is 0.136. The monoisotopic (exact) mass is 701 g/mol. The number of carbonyl (C=O) groups is 1. The number of hydrogen-bond donors (Lipinski definition) is 2. The first-order valence-electron chi connectivity index (χ1n) is 17.8. The highest BCUT2D eigenvalue weighted by molar-refractivity contribution is 5.70. The standard InChI is InChI=1S/C24H27N3O3.C18H17FN2O/c1-15(2)13-16-3-5-18(6-4-16)23-26-22(27-30-23)17-7-10-20(11-8-17)25-21-12-9-19(14-21)24(28)29;1-12(2)11-13-3-5-15(6-4-13)18-20-17(21-22-18)14-7-9-16(19)10-8-14/h3-8,10-11,15,19,21,25H,9,12-14H2,1-2H3,(H,28,29);3-10,12H,11H2,1-2H3/t19-,21+;/m1./s1. The molecular weight excluding hydrogens is 657 g/mol. The van der Waals surface area contributed by atoms with E-state index in [2.05, 4.69) is 77.6 Å². The lowest BCUT2D eigenvalue weighted by atomic mass is 10.0. The van der Waals surface area contributed by atoms with E-state index in [1.165, 1.54) is 23.3 Å². The first-order valence-corrected chi connectivity index (χ1v) is 17.8. The molecule has 0 unspecified atom stereocenters. The lowest BCUT2D eigenvalue weighted by Gasteiger charge is -2.14. The fourth-order valence-corrected chi connectivity index (χ4v) is 6.31. The van der Waals surface area contributed by atoms with E-state index in [-0.39, 0.29) is 17.8 Å². The lowest BCUT2D eigenvalue weighted by molar-refractivity contribution is -0.141. The highest BCUT2D eigenvalue weighted by atomic mass is 19.1. The van der Waals surface area contributed by atoms with Gasteiger partial charge in [0, 0.05) is 34.0 Å². The van der Waals surface area contributed by atoms with Crippen molar-refractivity contribution in [3.63, 3.8) is 0 Å². The van der Waals surface area contributed by atoms with Crippen LogP contribution in [-0.4, -0.2) is 37.4 Å². The van der Waals surface area contributed by atoms with Gasteiger partial charge < -0.3 is 19.5 Å². The van der Waals surface area contributed by atoms with Crippen LogP contribution in [0.25, 0.3) is 45.7 Å². The summed E-state index contributed by atoms with van der Waals surface area (Å²) in [4.78, 5) is 20.0. The molecule has 2 atom stereocenters. The molecule has 52 heavy (non-hydrogen) atoms. The summed E-state index contributed by atoms with van der Waals surface area (Å²) in [6, 6.07) is 30.5. The highest BCUT2D eigenvalue weighted by Gasteiger charge is 2.29. The molecule has 2 aromatic heterocycles. The topological polar surface area (TPSA) is 127 Å². The number of benzene rings is 4. The fraction of sp³-hybridized carbons (Fsp3) is 0.310. The molecule has 0 amide bonds. The number of anilines is 1. The SMILES string of the molecule is CC(C)Cc1ccc(-c2nc(-c3ccc(F)cc3)no2)cc1.CC(C)Cc1ccc(-c2nc(-c3ccc(N[C@H]4CC[C@@H](C(=O)O)C4)cc3)no2)cc1. The number of aromatic nitrogens is 4. The fourth-order valence-electron chi connectivity index (χ4n) is 6.31. The molecule has 1 saturated carbocycles. The Kier molecular flexibility index (Phi) is 11.5. The second-order valence-electron chi connectivity index (χ2n) is 14.2. The van der Waals surface area contributed by atoms with Gasteiger partial charge in [0.1, 0.15) is 5.82 Å². The van der Waals surface area contributed by atoms with E-state index in [0.29, 0.717) is 41.7 Å². The molecule has 4 aromatic carbocycles. The van der Waals surface area contributed by atoms with Crippen LogP contribution in [0.1, 0.15) is 58.1 Å². The van der Waals surface area contributed by atoms with Crippen molar-refractivity contribution >= 4 is 11.7 Å². The van der Waals surface area contributed by atoms with Gasteiger partial charge in [-0.1, -0.05) is 62.3 Å². The number of hydrogen-bond acceptors (Lipinski definition) is 8. The first kappa shape index (κ1) is 36.2. The molecule has 0 radical (unpaired) electrons. The number of rotatable bonds is 11. The molecule has 0 saturated heterocycles. The van der Waals surface area contributed by atoms with Crippen LogP contribution in [0, 0.1) is 23.6 Å². The smallest absolute Gasteiger partial charge is 0.306 e. The first-order chi connectivity index (χ1) is 25.1. The van der Waals surface area contributed by atoms with Gasteiger partial charge >= 0.3 is 5.97 Å². The maximum atomic E-state index is 12.9. The molecule has 0 aliphatic heterocycles. The number of aliphatic carboxylic acids is 1. The predicted octanol–water partition coefficient (Wildman–Crippen LogP) is 10.0. The van der Waals surface area contributed by atoms with E-state index in [1.807, 2.05) is 48.5 Å². The summed E-state index contributed by atoms with van der Waals surface area (Å²) in [5.41, 5.74) is 6.96. The number of nitrogens with zero attached hydrogens (tertiary/aromatic N) is 4. The van der Waals surface area contributed by atoms with E-state index in [4.69, 9.17) is 14.2 Å². The van der Waals surface area contributed by atoms with Gasteiger partial charge in [0.2, 0.25) is 11.6 Å². The number of carboxylic acids is 1. The molecular formula is C42H44FN5O4. The second kappa shape index (κ2) is 16.6. The van der Waals surface area contributed by atoms with Crippen LogP contribution in [-0.2, 0) is 17.6 Å². The summed E-state index contributed by atoms with van der Waals surface area (Å²) >= 11 is 0. The molecule has 1 fully saturated rings. The molecule has 10 heteroatoms. The van der Waals surface area contributed by atoms with Crippen molar-refractivity contribution in [2.45, 2.75) is 65.8 Å². The van der Waals surface area contributed by atoms with Crippen LogP contribution < -0.4 is 5.32 Å². The van der Waals surface area contributed by atoms with Crippen molar-refractivity contribution in [3.8, 4) is 45.7 Å². The molecule has 268 valence electrons. The maximum absolute atomic E-state index is 12.9. The molecule has 6 aromatic rings. The van der Waals surface area contributed by atoms with Gasteiger partial charge in [-0.3, -0.25) is 4.79 Å². The zero-order chi connectivity index (χ0) is 36.6. The average Bonchev–Trinajstić information content (AvgIpc) is 3.92. The summed E-state index contributed by atoms with van der Waals surface area (Å²) in [6.07, 6.45) is 4.37. The van der Waals surface area contributed by atoms with Crippen molar-refractivity contribution in [2.24, 2.45) is 17.8 Å². The minimum Gasteiger partial charge on any atom is -0.481 e. The Bertz CT molecular complexity index is 2040. The van der Waals surface area contributed by atoms with Crippen LogP contribution in [0.3, 0.4) is 0 Å². The number of nitrogens with one attached hydrogen (secondary N) is 1. The third kappa shape index (κ3) is 9.57. The average molecular weight is 702 g/mol. The Morgan fingerprint density at radius 3 is 1.56 bits per heavy atom. The zero-order valence-corrected chi connectivity index (χ0v) is 29.9. The minimum atomic E-state index is -0.697. The van der Waals surface area contributed by atoms with Gasteiger partial charge in [-0.15, -0.1) is 0 Å². The molecule has 2 heterocycles. The molecule has 0 spiro atoms. The second-order valence-corrected chi connectivity index (χ2v) is 14.2. The van der Waals surface area contributed by atoms with Crippen LogP contribution in [0.5, 0.6) is 0 Å². The Labute approximate surface area is 303 Å². The Morgan fingerprint density at radius 2 is 1.13 bits per heavy atom. The molecule has 1 aliphatic rings. The van der Waals surface area contributed by atoms with Crippen LogP contribution >= 0.6 is 0 Å². The summed E-state index contributed by atoms with van der Waals surface area (Å²) in [7, 11) is 0. The van der Waals surface area contributed by atoms with Crippen LogP contribution in [0.4, 0.5) is 10.1 Å². The van der Waals surface area contributed by atoms with E-state index in [0.717, 1.165) is 53.6 Å². The Balaban J connectivity index is 0.000000187. The largest absolute Gasteiger partial charge is 0.481 e. The van der Waals surface area contributed by atoms with Crippen molar-refractivity contribution < 1.29 is 23.3 Å². The van der Waals surface area contributed by atoms with Crippen molar-refractivity contribution in [3.05, 3.63) is 114 Å². The lowest BCUT2D eigenvalue weighted by Crippen LogP contribution is -2.17. The number of halogens is 1. The minimum absolute atomic E-state index is 0.201. The number of carboxylic acid groups (broad SMARTS) is 1. The van der Waals surface area contributed by atoms with Gasteiger partial charge in [0.15, 0.2) is 0 Å². The van der Waals surface area contributed by atoms with Gasteiger partial charge in [-0.2, -0.15) is 9.97 Å². The van der Waals surface area contributed by atoms with Gasteiger partial charge in [-0.25, -0.2) is 4.39 Å². The normalized spacial score (nSPS) is 15.4. The molecule has 9 nitrogen and oxygen atoms in total. The van der Waals surface area contributed by atoms with Crippen molar-refractivity contribution in [1.82, 2.24) is 20.3 Å². The van der Waals surface area contributed by atoms with Crippen LogP contribution in [0.2, 0.25) is 0 Å². The third-order valence-corrected chi connectivity index (χ3v) is 8.94. The summed E-state index contributed by atoms with van der Waals surface area (Å²) in [6.45, 7) is 8.81. The van der Waals surface area contributed by atoms with Gasteiger partial charge in [0.25, 0.3) is 11.8 Å². The molecule has 2 N–H and O–H groups in total. The van der Waals surface area contributed by atoms with E-state index in [1.54, 1.807) is 12.1 Å². The molecule has 1 aliphatic carbocycles. The summed E-state index contributed by atoms with van der Waals surface area (Å²) < 4.78 is 23.7. The summed E-state index contributed by atoms with van der Waals surface area (Å²) in [5.74, 6) is 2.01. The van der Waals surface area contributed by atoms with E-state index >= 15 is 0 Å². The van der Waals surface area contributed by atoms with Gasteiger partial charge in [-0.05, 0) is 128 Å². The predicted molar refractivity (Wildman–Crippen MR) is 200 cm³/mol. The Hall–Kier alpha value is -5.64. The molecule has 0 bridgehead atoms.